The molecule has 1 aliphatic heterocycles. The van der Waals surface area contributed by atoms with Crippen LogP contribution in [0.4, 0.5) is 5.69 Å². The number of aryl methyl sites for hydroxylation is 1. The first-order valence-electron chi connectivity index (χ1n) is 6.97. The summed E-state index contributed by atoms with van der Waals surface area (Å²) in [5.41, 5.74) is 1.70. The minimum atomic E-state index is -3.45. The average Bonchev–Trinajstić information content (AvgIpc) is 2.41. The zero-order chi connectivity index (χ0) is 14.6. The number of nitrogens with zero attached hydrogens (tertiary/aromatic N) is 1. The second kappa shape index (κ2) is 6.78. The number of nitrogens with one attached hydrogen (secondary N) is 1. The fourth-order valence-electron chi connectivity index (χ4n) is 2.48. The highest BCUT2D eigenvalue weighted by Crippen LogP contribution is 2.22. The van der Waals surface area contributed by atoms with Crippen LogP contribution in [0.2, 0.25) is 0 Å². The molecule has 1 aromatic rings. The third kappa shape index (κ3) is 3.87. The van der Waals surface area contributed by atoms with E-state index in [4.69, 9.17) is 11.6 Å². The molecular formula is C14H21ClN2O2S. The molecule has 6 heteroatoms. The highest BCUT2D eigenvalue weighted by atomic mass is 35.5. The van der Waals surface area contributed by atoms with Crippen molar-refractivity contribution >= 4 is 27.5 Å². The highest BCUT2D eigenvalue weighted by Gasteiger charge is 2.29. The van der Waals surface area contributed by atoms with Crippen molar-refractivity contribution in [1.82, 2.24) is 4.31 Å². The van der Waals surface area contributed by atoms with Gasteiger partial charge < -0.3 is 0 Å². The number of anilines is 1. The van der Waals surface area contributed by atoms with E-state index < -0.39 is 10.2 Å². The summed E-state index contributed by atoms with van der Waals surface area (Å²) >= 11 is 5.68. The summed E-state index contributed by atoms with van der Waals surface area (Å²) in [5.74, 6) is 0.566. The molecule has 1 fully saturated rings. The molecule has 20 heavy (non-hydrogen) atoms. The Balaban J connectivity index is 2.07. The van der Waals surface area contributed by atoms with Crippen molar-refractivity contribution in [2.24, 2.45) is 0 Å². The second-order valence-electron chi connectivity index (χ2n) is 5.20. The smallest absolute Gasteiger partial charge is 0.271 e. The molecule has 0 saturated carbocycles. The fraction of sp³-hybridized carbons (Fsp3) is 0.571. The lowest BCUT2D eigenvalue weighted by Gasteiger charge is -2.32. The second-order valence-corrected chi connectivity index (χ2v) is 7.20. The third-order valence-electron chi connectivity index (χ3n) is 3.63. The van der Waals surface area contributed by atoms with Gasteiger partial charge >= 0.3 is 10.2 Å². The lowest BCUT2D eigenvalue weighted by molar-refractivity contribution is 0.270. The van der Waals surface area contributed by atoms with Crippen LogP contribution in [-0.2, 0) is 16.6 Å². The molecule has 4 nitrogen and oxygen atoms in total. The van der Waals surface area contributed by atoms with E-state index in [0.717, 1.165) is 31.2 Å². The zero-order valence-corrected chi connectivity index (χ0v) is 13.3. The number of halogens is 1. The molecule has 0 aliphatic carbocycles. The summed E-state index contributed by atoms with van der Waals surface area (Å²) in [4.78, 5) is 0. The summed E-state index contributed by atoms with van der Waals surface area (Å²) in [6.07, 6.45) is 3.74. The van der Waals surface area contributed by atoms with Crippen LogP contribution in [0.3, 0.4) is 0 Å². The topological polar surface area (TPSA) is 49.4 Å². The Labute approximate surface area is 126 Å². The SMILES string of the molecule is CC1CCCCN1S(=O)(=O)Nc1ccc(CCCl)cc1. The van der Waals surface area contributed by atoms with E-state index in [1.54, 1.807) is 16.4 Å². The van der Waals surface area contributed by atoms with Crippen molar-refractivity contribution in [2.75, 3.05) is 17.1 Å². The van der Waals surface area contributed by atoms with Gasteiger partial charge in [-0.05, 0) is 43.9 Å². The van der Waals surface area contributed by atoms with E-state index in [0.29, 0.717) is 18.1 Å². The van der Waals surface area contributed by atoms with Crippen molar-refractivity contribution in [2.45, 2.75) is 38.6 Å². The molecule has 1 atom stereocenters. The molecule has 1 saturated heterocycles. The van der Waals surface area contributed by atoms with E-state index in [1.807, 2.05) is 19.1 Å². The van der Waals surface area contributed by atoms with E-state index in [2.05, 4.69) is 4.72 Å². The number of hydrogen-bond acceptors (Lipinski definition) is 2. The monoisotopic (exact) mass is 316 g/mol. The summed E-state index contributed by atoms with van der Waals surface area (Å²) in [6.45, 7) is 2.56. The van der Waals surface area contributed by atoms with Gasteiger partial charge in [0.15, 0.2) is 0 Å². The van der Waals surface area contributed by atoms with Gasteiger partial charge in [0.25, 0.3) is 0 Å². The van der Waals surface area contributed by atoms with E-state index in [-0.39, 0.29) is 6.04 Å². The predicted octanol–water partition coefficient (Wildman–Crippen LogP) is 3.00. The lowest BCUT2D eigenvalue weighted by atomic mass is 10.1. The number of hydrogen-bond donors (Lipinski definition) is 1. The standard InChI is InChI=1S/C14H21ClN2O2S/c1-12-4-2-3-11-17(12)20(18,19)16-14-7-5-13(6-8-14)9-10-15/h5-8,12,16H,2-4,9-11H2,1H3. The summed E-state index contributed by atoms with van der Waals surface area (Å²) < 4.78 is 29.0. The predicted molar refractivity (Wildman–Crippen MR) is 83.4 cm³/mol. The van der Waals surface area contributed by atoms with Crippen LogP contribution in [0.15, 0.2) is 24.3 Å². The molecule has 1 aromatic carbocycles. The first-order valence-corrected chi connectivity index (χ1v) is 8.95. The molecule has 0 bridgehead atoms. The summed E-state index contributed by atoms with van der Waals surface area (Å²) in [7, 11) is -3.45. The Morgan fingerprint density at radius 3 is 2.60 bits per heavy atom. The molecule has 0 spiro atoms. The molecule has 1 heterocycles. The summed E-state index contributed by atoms with van der Waals surface area (Å²) in [6, 6.07) is 7.44. The first kappa shape index (κ1) is 15.6. The Kier molecular flexibility index (Phi) is 5.29. The van der Waals surface area contributed by atoms with Gasteiger partial charge in [0, 0.05) is 24.2 Å². The quantitative estimate of drug-likeness (QED) is 0.849. The zero-order valence-electron chi connectivity index (χ0n) is 11.7. The first-order chi connectivity index (χ1) is 9.53. The van der Waals surface area contributed by atoms with Gasteiger partial charge in [0.1, 0.15) is 0 Å². The fourth-order valence-corrected chi connectivity index (χ4v) is 4.20. The van der Waals surface area contributed by atoms with Gasteiger partial charge in [-0.2, -0.15) is 12.7 Å². The van der Waals surface area contributed by atoms with Gasteiger partial charge in [-0.1, -0.05) is 18.6 Å². The van der Waals surface area contributed by atoms with Crippen molar-refractivity contribution < 1.29 is 8.42 Å². The van der Waals surface area contributed by atoms with Crippen LogP contribution in [-0.4, -0.2) is 31.2 Å². The molecule has 0 radical (unpaired) electrons. The maximum absolute atomic E-state index is 12.4. The Morgan fingerprint density at radius 2 is 2.00 bits per heavy atom. The van der Waals surface area contributed by atoms with Crippen LogP contribution in [0.1, 0.15) is 31.7 Å². The Morgan fingerprint density at radius 1 is 1.30 bits per heavy atom. The van der Waals surface area contributed by atoms with Gasteiger partial charge in [-0.3, -0.25) is 4.72 Å². The molecule has 0 amide bonds. The van der Waals surface area contributed by atoms with Crippen molar-refractivity contribution in [1.29, 1.82) is 0 Å². The maximum atomic E-state index is 12.4. The molecule has 1 N–H and O–H groups in total. The van der Waals surface area contributed by atoms with E-state index >= 15 is 0 Å². The molecular weight excluding hydrogens is 296 g/mol. The number of piperidine rings is 1. The number of rotatable bonds is 5. The summed E-state index contributed by atoms with van der Waals surface area (Å²) in [5, 5.41) is 0. The largest absolute Gasteiger partial charge is 0.301 e. The molecule has 1 aliphatic rings. The third-order valence-corrected chi connectivity index (χ3v) is 5.48. The van der Waals surface area contributed by atoms with Gasteiger partial charge in [-0.25, -0.2) is 0 Å². The Hall–Kier alpha value is -0.780. The van der Waals surface area contributed by atoms with Gasteiger partial charge in [0.2, 0.25) is 0 Å². The van der Waals surface area contributed by atoms with Crippen LogP contribution in [0, 0.1) is 0 Å². The molecule has 1 unspecified atom stereocenters. The normalized spacial score (nSPS) is 20.8. The van der Waals surface area contributed by atoms with Crippen LogP contribution >= 0.6 is 11.6 Å². The maximum Gasteiger partial charge on any atom is 0.301 e. The van der Waals surface area contributed by atoms with Crippen LogP contribution < -0.4 is 4.72 Å². The van der Waals surface area contributed by atoms with E-state index in [1.165, 1.54) is 0 Å². The number of alkyl halides is 1. The average molecular weight is 317 g/mol. The van der Waals surface area contributed by atoms with Crippen molar-refractivity contribution in [3.8, 4) is 0 Å². The molecule has 0 aromatic heterocycles. The van der Waals surface area contributed by atoms with Crippen molar-refractivity contribution in [3.05, 3.63) is 29.8 Å². The van der Waals surface area contributed by atoms with Gasteiger partial charge in [-0.15, -0.1) is 11.6 Å². The van der Waals surface area contributed by atoms with E-state index in [9.17, 15) is 8.42 Å². The molecule has 2 rings (SSSR count). The van der Waals surface area contributed by atoms with Crippen molar-refractivity contribution in [3.63, 3.8) is 0 Å². The molecule has 112 valence electrons. The van der Waals surface area contributed by atoms with Gasteiger partial charge in [0.05, 0.1) is 0 Å². The minimum Gasteiger partial charge on any atom is -0.271 e. The van der Waals surface area contributed by atoms with Crippen LogP contribution in [0.5, 0.6) is 0 Å². The lowest BCUT2D eigenvalue weighted by Crippen LogP contribution is -2.44. The number of benzene rings is 1. The Bertz CT molecular complexity index is 531. The minimum absolute atomic E-state index is 0.0665. The van der Waals surface area contributed by atoms with Crippen LogP contribution in [0.25, 0.3) is 0 Å². The highest BCUT2D eigenvalue weighted by molar-refractivity contribution is 7.90.